The third-order valence-corrected chi connectivity index (χ3v) is 4.87. The Balaban J connectivity index is 3.34. The fraction of sp³-hybridized carbons (Fsp3) is 1.00. The van der Waals surface area contributed by atoms with Gasteiger partial charge >= 0.3 is 0 Å². The Morgan fingerprint density at radius 1 is 1.50 bits per heavy atom. The van der Waals surface area contributed by atoms with E-state index < -0.39 is 9.84 Å². The fourth-order valence-electron chi connectivity index (χ4n) is 0.539. The average molecular weight is 275 g/mol. The fourth-order valence-corrected chi connectivity index (χ4v) is 3.44. The van der Waals surface area contributed by atoms with Crippen molar-refractivity contribution in [3.8, 4) is 0 Å². The van der Waals surface area contributed by atoms with Gasteiger partial charge in [-0.2, -0.15) is 11.8 Å². The van der Waals surface area contributed by atoms with E-state index in [1.54, 1.807) is 11.8 Å². The van der Waals surface area contributed by atoms with Gasteiger partial charge in [0.25, 0.3) is 0 Å². The zero-order valence-corrected chi connectivity index (χ0v) is 10.6. The van der Waals surface area contributed by atoms with Crippen LogP contribution in [0.3, 0.4) is 0 Å². The smallest absolute Gasteiger partial charge is 0.148 e. The van der Waals surface area contributed by atoms with E-state index in [1.165, 1.54) is 6.26 Å². The predicted octanol–water partition coefficient (Wildman–Crippen LogP) is 1.80. The van der Waals surface area contributed by atoms with Crippen molar-refractivity contribution in [1.29, 1.82) is 0 Å². The molecule has 0 aliphatic heterocycles. The molecule has 0 aromatic rings. The monoisotopic (exact) mass is 274 g/mol. The van der Waals surface area contributed by atoms with Gasteiger partial charge in [0.15, 0.2) is 0 Å². The van der Waals surface area contributed by atoms with Crippen molar-refractivity contribution in [1.82, 2.24) is 0 Å². The SMILES string of the molecule is CC(CBr)CSCCS(C)(=O)=O. The maximum atomic E-state index is 10.7. The standard InChI is InChI=1S/C7H15BrO2S2/c1-7(5-8)6-11-3-4-12(2,9)10/h7H,3-6H2,1-2H3. The molecule has 0 saturated carbocycles. The van der Waals surface area contributed by atoms with Gasteiger partial charge in [-0.05, 0) is 11.7 Å². The second kappa shape index (κ2) is 6.27. The minimum absolute atomic E-state index is 0.298. The molecule has 0 aromatic carbocycles. The minimum atomic E-state index is -2.76. The molecule has 0 rings (SSSR count). The first-order chi connectivity index (χ1) is 5.45. The molecule has 0 amide bonds. The lowest BCUT2D eigenvalue weighted by Gasteiger charge is -2.05. The van der Waals surface area contributed by atoms with Crippen molar-refractivity contribution in [3.63, 3.8) is 0 Å². The van der Waals surface area contributed by atoms with Gasteiger partial charge in [0.05, 0.1) is 5.75 Å². The molecule has 1 atom stereocenters. The number of rotatable bonds is 6. The molecule has 0 radical (unpaired) electrons. The van der Waals surface area contributed by atoms with Crippen LogP contribution in [-0.2, 0) is 9.84 Å². The number of thioether (sulfide) groups is 1. The second-order valence-electron chi connectivity index (χ2n) is 2.96. The Morgan fingerprint density at radius 3 is 2.50 bits per heavy atom. The zero-order chi connectivity index (χ0) is 9.61. The summed E-state index contributed by atoms with van der Waals surface area (Å²) in [5.41, 5.74) is 0. The first-order valence-electron chi connectivity index (χ1n) is 3.77. The molecule has 0 aromatic heterocycles. The summed E-state index contributed by atoms with van der Waals surface area (Å²) in [5.74, 6) is 2.67. The van der Waals surface area contributed by atoms with Crippen LogP contribution in [0.1, 0.15) is 6.92 Å². The summed E-state index contributed by atoms with van der Waals surface area (Å²) in [6.07, 6.45) is 1.28. The normalized spacial score (nSPS) is 14.6. The lowest BCUT2D eigenvalue weighted by atomic mass is 10.3. The Hall–Kier alpha value is 0.780. The van der Waals surface area contributed by atoms with E-state index >= 15 is 0 Å². The lowest BCUT2D eigenvalue weighted by molar-refractivity contribution is 0.603. The van der Waals surface area contributed by atoms with Gasteiger partial charge in [-0.1, -0.05) is 22.9 Å². The quantitative estimate of drug-likeness (QED) is 0.547. The van der Waals surface area contributed by atoms with E-state index in [-0.39, 0.29) is 0 Å². The maximum absolute atomic E-state index is 10.7. The molecule has 12 heavy (non-hydrogen) atoms. The van der Waals surface area contributed by atoms with Gasteiger partial charge in [0.1, 0.15) is 9.84 Å². The van der Waals surface area contributed by atoms with E-state index in [0.717, 1.165) is 16.8 Å². The molecule has 2 nitrogen and oxygen atoms in total. The van der Waals surface area contributed by atoms with Crippen molar-refractivity contribution < 1.29 is 8.42 Å². The summed E-state index contributed by atoms with van der Waals surface area (Å²) in [6.45, 7) is 2.14. The summed E-state index contributed by atoms with van der Waals surface area (Å²) >= 11 is 5.08. The molecule has 0 aliphatic carbocycles. The molecule has 0 fully saturated rings. The van der Waals surface area contributed by atoms with Crippen LogP contribution in [0.4, 0.5) is 0 Å². The van der Waals surface area contributed by atoms with Crippen LogP contribution in [-0.4, -0.2) is 37.3 Å². The van der Waals surface area contributed by atoms with Crippen LogP contribution in [0, 0.1) is 5.92 Å². The minimum Gasteiger partial charge on any atom is -0.229 e. The van der Waals surface area contributed by atoms with Crippen molar-refractivity contribution in [2.24, 2.45) is 5.92 Å². The van der Waals surface area contributed by atoms with Crippen LogP contribution < -0.4 is 0 Å². The van der Waals surface area contributed by atoms with Gasteiger partial charge in [0.2, 0.25) is 0 Å². The number of halogens is 1. The Labute approximate surface area is 87.5 Å². The van der Waals surface area contributed by atoms with Crippen molar-refractivity contribution in [2.45, 2.75) is 6.92 Å². The molecule has 5 heteroatoms. The summed E-state index contributed by atoms with van der Waals surface area (Å²) in [4.78, 5) is 0. The van der Waals surface area contributed by atoms with Crippen LogP contribution >= 0.6 is 27.7 Å². The van der Waals surface area contributed by atoms with Gasteiger partial charge in [0, 0.05) is 17.3 Å². The molecule has 0 heterocycles. The van der Waals surface area contributed by atoms with Gasteiger partial charge in [-0.25, -0.2) is 8.42 Å². The first kappa shape index (κ1) is 12.8. The highest BCUT2D eigenvalue weighted by Gasteiger charge is 2.03. The number of hydrogen-bond acceptors (Lipinski definition) is 3. The highest BCUT2D eigenvalue weighted by atomic mass is 79.9. The van der Waals surface area contributed by atoms with Gasteiger partial charge < -0.3 is 0 Å². The van der Waals surface area contributed by atoms with E-state index in [2.05, 4.69) is 22.9 Å². The highest BCUT2D eigenvalue weighted by Crippen LogP contribution is 2.10. The molecule has 1 unspecified atom stereocenters. The molecule has 0 spiro atoms. The Bertz CT molecular complexity index is 201. The van der Waals surface area contributed by atoms with Crippen LogP contribution in [0.2, 0.25) is 0 Å². The Kier molecular flexibility index (Phi) is 6.67. The average Bonchev–Trinajstić information content (AvgIpc) is 1.96. The third-order valence-electron chi connectivity index (χ3n) is 1.26. The molecular weight excluding hydrogens is 260 g/mol. The molecule has 0 N–H and O–H groups in total. The second-order valence-corrected chi connectivity index (χ2v) is 7.02. The molecule has 0 saturated heterocycles. The van der Waals surface area contributed by atoms with E-state index in [0.29, 0.717) is 11.7 Å². The van der Waals surface area contributed by atoms with Crippen LogP contribution in [0.25, 0.3) is 0 Å². The highest BCUT2D eigenvalue weighted by molar-refractivity contribution is 9.09. The summed E-state index contributed by atoms with van der Waals surface area (Å²) in [5, 5.41) is 0.985. The van der Waals surface area contributed by atoms with Crippen molar-refractivity contribution >= 4 is 37.5 Å². The summed E-state index contributed by atoms with van der Waals surface area (Å²) in [7, 11) is -2.76. The Morgan fingerprint density at radius 2 is 2.08 bits per heavy atom. The predicted molar refractivity (Wildman–Crippen MR) is 60.0 cm³/mol. The molecule has 0 aliphatic rings. The van der Waals surface area contributed by atoms with Crippen molar-refractivity contribution in [2.75, 3.05) is 28.8 Å². The van der Waals surface area contributed by atoms with Gasteiger partial charge in [-0.15, -0.1) is 0 Å². The van der Waals surface area contributed by atoms with E-state index in [1.807, 2.05) is 0 Å². The number of hydrogen-bond donors (Lipinski definition) is 0. The van der Waals surface area contributed by atoms with Gasteiger partial charge in [-0.3, -0.25) is 0 Å². The summed E-state index contributed by atoms with van der Waals surface area (Å²) in [6, 6.07) is 0. The molecule has 74 valence electrons. The topological polar surface area (TPSA) is 34.1 Å². The molecule has 0 bridgehead atoms. The summed E-state index contributed by atoms with van der Waals surface area (Å²) < 4.78 is 21.4. The van der Waals surface area contributed by atoms with Crippen LogP contribution in [0.5, 0.6) is 0 Å². The van der Waals surface area contributed by atoms with E-state index in [4.69, 9.17) is 0 Å². The largest absolute Gasteiger partial charge is 0.229 e. The first-order valence-corrected chi connectivity index (χ1v) is 8.11. The molecular formula is C7H15BrO2S2. The number of sulfone groups is 1. The lowest BCUT2D eigenvalue weighted by Crippen LogP contribution is -2.07. The maximum Gasteiger partial charge on any atom is 0.148 e. The van der Waals surface area contributed by atoms with E-state index in [9.17, 15) is 8.42 Å². The van der Waals surface area contributed by atoms with Crippen LogP contribution in [0.15, 0.2) is 0 Å². The van der Waals surface area contributed by atoms with Crippen molar-refractivity contribution in [3.05, 3.63) is 0 Å². The number of alkyl halides is 1. The zero-order valence-electron chi connectivity index (χ0n) is 7.42. The third kappa shape index (κ3) is 8.87.